The molecule has 1 aliphatic rings. The second-order valence-corrected chi connectivity index (χ2v) is 4.31. The monoisotopic (exact) mass is 280 g/mol. The normalized spacial score (nSPS) is 13.7. The van der Waals surface area contributed by atoms with E-state index in [9.17, 15) is 12.9 Å². The van der Waals surface area contributed by atoms with E-state index in [1.165, 1.54) is 11.1 Å². The molecule has 0 spiro atoms. The van der Waals surface area contributed by atoms with E-state index >= 15 is 0 Å². The van der Waals surface area contributed by atoms with E-state index in [4.69, 9.17) is 4.74 Å². The van der Waals surface area contributed by atoms with E-state index in [0.29, 0.717) is 5.75 Å². The summed E-state index contributed by atoms with van der Waals surface area (Å²) in [4.78, 5) is 0. The van der Waals surface area contributed by atoms with E-state index in [-0.39, 0.29) is 51.4 Å². The van der Waals surface area contributed by atoms with Crippen molar-refractivity contribution < 1.29 is 69.1 Å². The van der Waals surface area contributed by atoms with Crippen molar-refractivity contribution in [2.75, 3.05) is 6.61 Å². The van der Waals surface area contributed by atoms with Crippen molar-refractivity contribution in [2.45, 2.75) is 19.3 Å². The summed E-state index contributed by atoms with van der Waals surface area (Å²) in [5.41, 5.74) is 1.66. The second kappa shape index (κ2) is 6.61. The van der Waals surface area contributed by atoms with E-state index in [2.05, 4.69) is 6.58 Å². The number of benzene rings is 1. The Kier molecular flexibility index (Phi) is 5.99. The van der Waals surface area contributed by atoms with Crippen LogP contribution in [0.15, 0.2) is 30.3 Å². The quantitative estimate of drug-likeness (QED) is 0.730. The first-order chi connectivity index (χ1) is 7.97. The van der Waals surface area contributed by atoms with Crippen molar-refractivity contribution in [1.29, 1.82) is 0 Å². The summed E-state index contributed by atoms with van der Waals surface area (Å²) in [6, 6.07) is 5.49. The molecule has 1 aromatic carbocycles. The van der Waals surface area contributed by atoms with Gasteiger partial charge < -0.3 is 17.7 Å². The SMILES string of the molecule is C=C(COc1ccc2c(c1)CCC2)[B-](F)(F)F.[K+]. The van der Waals surface area contributed by atoms with Gasteiger partial charge in [-0.1, -0.05) is 6.07 Å². The molecule has 0 radical (unpaired) electrons. The summed E-state index contributed by atoms with van der Waals surface area (Å²) in [7, 11) is 0. The number of aryl methyl sites for hydroxylation is 2. The molecule has 0 N–H and O–H groups in total. The maximum atomic E-state index is 12.3. The third-order valence-electron chi connectivity index (χ3n) is 2.96. The summed E-state index contributed by atoms with van der Waals surface area (Å²) in [6.45, 7) is -2.49. The van der Waals surface area contributed by atoms with Gasteiger partial charge in [0.05, 0.1) is 6.61 Å². The van der Waals surface area contributed by atoms with E-state index in [1.807, 2.05) is 12.1 Å². The fourth-order valence-electron chi connectivity index (χ4n) is 1.91. The van der Waals surface area contributed by atoms with Crippen LogP contribution in [-0.4, -0.2) is 13.6 Å². The van der Waals surface area contributed by atoms with Crippen LogP contribution in [0.4, 0.5) is 12.9 Å². The molecule has 0 amide bonds. The zero-order valence-corrected chi connectivity index (χ0v) is 13.5. The molecule has 1 aromatic rings. The summed E-state index contributed by atoms with van der Waals surface area (Å²) in [5.74, 6) is 0.492. The predicted octanol–water partition coefficient (Wildman–Crippen LogP) is 0.501. The van der Waals surface area contributed by atoms with Crippen molar-refractivity contribution >= 4 is 6.98 Å². The maximum absolute atomic E-state index is 12.3. The summed E-state index contributed by atoms with van der Waals surface area (Å²) < 4.78 is 41.9. The van der Waals surface area contributed by atoms with Crippen molar-refractivity contribution in [3.05, 3.63) is 41.4 Å². The van der Waals surface area contributed by atoms with Crippen LogP contribution in [0.1, 0.15) is 17.5 Å². The molecule has 1 aliphatic carbocycles. The van der Waals surface area contributed by atoms with E-state index in [0.717, 1.165) is 19.3 Å². The first kappa shape index (κ1) is 16.3. The first-order valence-electron chi connectivity index (χ1n) is 5.59. The molecule has 92 valence electrons. The molecule has 0 heterocycles. The molecule has 6 heteroatoms. The van der Waals surface area contributed by atoms with Gasteiger partial charge in [-0.3, -0.25) is 0 Å². The van der Waals surface area contributed by atoms with Crippen LogP contribution in [-0.2, 0) is 12.8 Å². The molecule has 0 aromatic heterocycles. The minimum Gasteiger partial charge on any atom is -0.492 e. The Labute approximate surface area is 147 Å². The Bertz CT molecular complexity index is 445. The average molecular weight is 280 g/mol. The van der Waals surface area contributed by atoms with Crippen LogP contribution in [0.3, 0.4) is 0 Å². The molecule has 0 atom stereocenters. The smallest absolute Gasteiger partial charge is 0.492 e. The summed E-state index contributed by atoms with van der Waals surface area (Å²) >= 11 is 0. The number of fused-ring (bicyclic) bond motifs is 1. The molecule has 0 bridgehead atoms. The fourth-order valence-corrected chi connectivity index (χ4v) is 1.91. The molecular weight excluding hydrogens is 267 g/mol. The maximum Gasteiger partial charge on any atom is 1.00 e. The zero-order valence-electron chi connectivity index (χ0n) is 10.4. The Morgan fingerprint density at radius 1 is 1.22 bits per heavy atom. The summed E-state index contributed by atoms with van der Waals surface area (Å²) in [6.07, 6.45) is 3.14. The van der Waals surface area contributed by atoms with Gasteiger partial charge in [0.25, 0.3) is 0 Å². The fraction of sp³-hybridized carbons (Fsp3) is 0.333. The molecule has 0 saturated heterocycles. The van der Waals surface area contributed by atoms with Gasteiger partial charge >= 0.3 is 58.4 Å². The standard InChI is InChI=1S/C12H13BF3O.K/c1-9(13(14,15)16)8-17-12-6-5-10-3-2-4-11(10)7-12;/h5-7H,1-4,8H2;/q-1;+1. The molecule has 0 aliphatic heterocycles. The Morgan fingerprint density at radius 2 is 1.89 bits per heavy atom. The second-order valence-electron chi connectivity index (χ2n) is 4.31. The first-order valence-corrected chi connectivity index (χ1v) is 5.59. The zero-order chi connectivity index (χ0) is 12.5. The molecule has 1 nitrogen and oxygen atoms in total. The topological polar surface area (TPSA) is 9.23 Å². The van der Waals surface area contributed by atoms with Crippen molar-refractivity contribution in [1.82, 2.24) is 0 Å². The summed E-state index contributed by atoms with van der Waals surface area (Å²) in [5, 5.41) is 0. The van der Waals surface area contributed by atoms with Crippen LogP contribution in [0.5, 0.6) is 5.75 Å². The molecule has 0 saturated carbocycles. The molecule has 2 rings (SSSR count). The minimum absolute atomic E-state index is 0. The third kappa shape index (κ3) is 4.13. The van der Waals surface area contributed by atoms with Gasteiger partial charge in [-0.2, -0.15) is 0 Å². The molecule has 0 fully saturated rings. The van der Waals surface area contributed by atoms with Gasteiger partial charge in [-0.05, 0) is 42.5 Å². The number of hydrogen-bond acceptors (Lipinski definition) is 1. The van der Waals surface area contributed by atoms with Crippen LogP contribution >= 0.6 is 0 Å². The Balaban J connectivity index is 0.00000162. The van der Waals surface area contributed by atoms with Crippen molar-refractivity contribution in [2.24, 2.45) is 0 Å². The van der Waals surface area contributed by atoms with Gasteiger partial charge in [0.1, 0.15) is 5.75 Å². The van der Waals surface area contributed by atoms with Gasteiger partial charge in [0, 0.05) is 0 Å². The van der Waals surface area contributed by atoms with Gasteiger partial charge in [-0.25, -0.2) is 0 Å². The van der Waals surface area contributed by atoms with Crippen molar-refractivity contribution in [3.8, 4) is 5.75 Å². The van der Waals surface area contributed by atoms with Gasteiger partial charge in [0.2, 0.25) is 0 Å². The van der Waals surface area contributed by atoms with Crippen LogP contribution in [0, 0.1) is 0 Å². The average Bonchev–Trinajstić information content (AvgIpc) is 2.71. The number of ether oxygens (including phenoxy) is 1. The van der Waals surface area contributed by atoms with E-state index in [1.54, 1.807) is 6.07 Å². The minimum atomic E-state index is -5.00. The van der Waals surface area contributed by atoms with Crippen LogP contribution in [0.2, 0.25) is 0 Å². The Morgan fingerprint density at radius 3 is 2.56 bits per heavy atom. The predicted molar refractivity (Wildman–Crippen MR) is 62.2 cm³/mol. The third-order valence-corrected chi connectivity index (χ3v) is 2.96. The molecule has 0 unspecified atom stereocenters. The molecule has 18 heavy (non-hydrogen) atoms. The van der Waals surface area contributed by atoms with Gasteiger partial charge in [0.15, 0.2) is 0 Å². The number of hydrogen-bond donors (Lipinski definition) is 0. The van der Waals surface area contributed by atoms with E-state index < -0.39 is 19.1 Å². The van der Waals surface area contributed by atoms with Crippen LogP contribution < -0.4 is 56.1 Å². The largest absolute Gasteiger partial charge is 1.00 e. The number of rotatable bonds is 4. The van der Waals surface area contributed by atoms with Crippen molar-refractivity contribution in [3.63, 3.8) is 0 Å². The van der Waals surface area contributed by atoms with Crippen LogP contribution in [0.25, 0.3) is 0 Å². The number of halogens is 3. The molecular formula is C12H13BF3KO. The van der Waals surface area contributed by atoms with Gasteiger partial charge in [-0.15, -0.1) is 12.1 Å². The Hall–Kier alpha value is 0.251.